The number of thiazole rings is 1. The van der Waals surface area contributed by atoms with Crippen LogP contribution in [-0.4, -0.2) is 17.0 Å². The van der Waals surface area contributed by atoms with Crippen molar-refractivity contribution in [1.29, 1.82) is 5.26 Å². The molecule has 0 spiro atoms. The van der Waals surface area contributed by atoms with E-state index >= 15 is 0 Å². The molecule has 0 radical (unpaired) electrons. The SMILES string of the molecule is CCC1Oc2ccc(-c3nc(C)sc3C)cc2N(Cc2ccccc2C#N)C1=O. The van der Waals surface area contributed by atoms with Gasteiger partial charge in [0, 0.05) is 10.4 Å². The Bertz CT molecular complexity index is 1130. The van der Waals surface area contributed by atoms with Gasteiger partial charge in [-0.2, -0.15) is 5.26 Å². The summed E-state index contributed by atoms with van der Waals surface area (Å²) in [5.41, 5.74) is 3.99. The molecule has 1 aromatic heterocycles. The molecular weight excluding hydrogens is 382 g/mol. The Hall–Kier alpha value is -3.17. The molecule has 1 aliphatic heterocycles. The van der Waals surface area contributed by atoms with Crippen LogP contribution in [0, 0.1) is 25.2 Å². The predicted octanol–water partition coefficient (Wildman–Crippen LogP) is 5.00. The first-order chi connectivity index (χ1) is 14.0. The van der Waals surface area contributed by atoms with E-state index in [1.54, 1.807) is 22.3 Å². The number of amides is 1. The van der Waals surface area contributed by atoms with Gasteiger partial charge in [0.05, 0.1) is 34.6 Å². The van der Waals surface area contributed by atoms with Crippen molar-refractivity contribution in [3.05, 3.63) is 63.5 Å². The second-order valence-electron chi connectivity index (χ2n) is 7.03. The number of hydrogen-bond donors (Lipinski definition) is 0. The van der Waals surface area contributed by atoms with E-state index in [2.05, 4.69) is 18.0 Å². The maximum Gasteiger partial charge on any atom is 0.268 e. The topological polar surface area (TPSA) is 66.2 Å². The van der Waals surface area contributed by atoms with Gasteiger partial charge in [-0.25, -0.2) is 4.98 Å². The molecule has 2 aromatic carbocycles. The molecule has 1 atom stereocenters. The van der Waals surface area contributed by atoms with E-state index in [4.69, 9.17) is 4.74 Å². The normalized spacial score (nSPS) is 15.6. The summed E-state index contributed by atoms with van der Waals surface area (Å²) in [6, 6.07) is 15.5. The molecule has 29 heavy (non-hydrogen) atoms. The molecule has 5 nitrogen and oxygen atoms in total. The highest BCUT2D eigenvalue weighted by Crippen LogP contribution is 2.40. The molecule has 0 fully saturated rings. The zero-order chi connectivity index (χ0) is 20.5. The van der Waals surface area contributed by atoms with Gasteiger partial charge in [-0.15, -0.1) is 11.3 Å². The van der Waals surface area contributed by atoms with Crippen LogP contribution < -0.4 is 9.64 Å². The number of hydrogen-bond acceptors (Lipinski definition) is 5. The van der Waals surface area contributed by atoms with Crippen molar-refractivity contribution in [3.63, 3.8) is 0 Å². The highest BCUT2D eigenvalue weighted by atomic mass is 32.1. The van der Waals surface area contributed by atoms with Crippen LogP contribution in [0.3, 0.4) is 0 Å². The fourth-order valence-corrected chi connectivity index (χ4v) is 4.47. The van der Waals surface area contributed by atoms with E-state index in [0.29, 0.717) is 24.3 Å². The second-order valence-corrected chi connectivity index (χ2v) is 8.44. The van der Waals surface area contributed by atoms with E-state index in [9.17, 15) is 10.1 Å². The van der Waals surface area contributed by atoms with E-state index in [-0.39, 0.29) is 5.91 Å². The van der Waals surface area contributed by atoms with E-state index in [0.717, 1.165) is 32.4 Å². The molecule has 0 aliphatic carbocycles. The molecule has 2 heterocycles. The molecule has 0 saturated heterocycles. The van der Waals surface area contributed by atoms with E-state index < -0.39 is 6.10 Å². The number of benzene rings is 2. The third kappa shape index (κ3) is 3.50. The Labute approximate surface area is 174 Å². The average Bonchev–Trinajstić information content (AvgIpc) is 3.07. The number of carbonyl (C=O) groups is 1. The Morgan fingerprint density at radius 3 is 2.72 bits per heavy atom. The standard InChI is InChI=1S/C23H21N3O2S/c1-4-20-23(27)26(13-18-8-6-5-7-17(18)12-24)19-11-16(9-10-21(19)28-20)22-14(2)29-15(3)25-22/h5-11,20H,4,13H2,1-3H3. The zero-order valence-electron chi connectivity index (χ0n) is 16.6. The van der Waals surface area contributed by atoms with Crippen LogP contribution in [0.5, 0.6) is 5.75 Å². The smallest absolute Gasteiger partial charge is 0.268 e. The summed E-state index contributed by atoms with van der Waals surface area (Å²) in [5, 5.41) is 10.5. The number of rotatable bonds is 4. The van der Waals surface area contributed by atoms with E-state index in [1.165, 1.54) is 0 Å². The first-order valence-electron chi connectivity index (χ1n) is 9.56. The van der Waals surface area contributed by atoms with E-state index in [1.807, 2.05) is 50.2 Å². The van der Waals surface area contributed by atoms with Gasteiger partial charge in [-0.3, -0.25) is 4.79 Å². The summed E-state index contributed by atoms with van der Waals surface area (Å²) in [7, 11) is 0. The van der Waals surface area contributed by atoms with Crippen LogP contribution in [0.1, 0.15) is 34.4 Å². The molecule has 6 heteroatoms. The van der Waals surface area contributed by atoms with Crippen molar-refractivity contribution in [2.75, 3.05) is 4.90 Å². The monoisotopic (exact) mass is 403 g/mol. The molecule has 1 aliphatic rings. The van der Waals surface area contributed by atoms with Crippen molar-refractivity contribution < 1.29 is 9.53 Å². The largest absolute Gasteiger partial charge is 0.478 e. The molecular formula is C23H21N3O2S. The number of carbonyl (C=O) groups excluding carboxylic acids is 1. The lowest BCUT2D eigenvalue weighted by atomic mass is 10.0. The number of fused-ring (bicyclic) bond motifs is 1. The molecule has 0 N–H and O–H groups in total. The van der Waals surface area contributed by atoms with Crippen LogP contribution in [-0.2, 0) is 11.3 Å². The first-order valence-corrected chi connectivity index (χ1v) is 10.4. The number of nitrogens with zero attached hydrogens (tertiary/aromatic N) is 3. The van der Waals surface area contributed by atoms with Crippen molar-refractivity contribution in [3.8, 4) is 23.1 Å². The minimum Gasteiger partial charge on any atom is -0.478 e. The van der Waals surface area contributed by atoms with Crippen LogP contribution in [0.25, 0.3) is 11.3 Å². The third-order valence-electron chi connectivity index (χ3n) is 5.07. The van der Waals surface area contributed by atoms with Gasteiger partial charge in [0.15, 0.2) is 6.10 Å². The van der Waals surface area contributed by atoms with Gasteiger partial charge < -0.3 is 9.64 Å². The molecule has 4 rings (SSSR count). The maximum absolute atomic E-state index is 13.1. The van der Waals surface area contributed by atoms with Gasteiger partial charge in [0.1, 0.15) is 5.75 Å². The Morgan fingerprint density at radius 1 is 1.24 bits per heavy atom. The lowest BCUT2D eigenvalue weighted by molar-refractivity contribution is -0.126. The highest BCUT2D eigenvalue weighted by Gasteiger charge is 2.34. The molecule has 0 saturated carbocycles. The van der Waals surface area contributed by atoms with Gasteiger partial charge in [0.25, 0.3) is 5.91 Å². The first kappa shape index (κ1) is 19.2. The summed E-state index contributed by atoms with van der Waals surface area (Å²) in [4.78, 5) is 20.7. The number of aryl methyl sites for hydroxylation is 2. The Balaban J connectivity index is 1.81. The minimum atomic E-state index is -0.522. The number of anilines is 1. The Morgan fingerprint density at radius 2 is 2.03 bits per heavy atom. The Kier molecular flexibility index (Phi) is 5.08. The number of nitriles is 1. The van der Waals surface area contributed by atoms with Crippen LogP contribution in [0.15, 0.2) is 42.5 Å². The maximum atomic E-state index is 13.1. The lowest BCUT2D eigenvalue weighted by Crippen LogP contribution is -2.45. The second kappa shape index (κ2) is 7.69. The highest BCUT2D eigenvalue weighted by molar-refractivity contribution is 7.11. The number of aromatic nitrogens is 1. The van der Waals surface area contributed by atoms with Crippen molar-refractivity contribution in [1.82, 2.24) is 4.98 Å². The van der Waals surface area contributed by atoms with Crippen molar-refractivity contribution in [2.45, 2.75) is 39.8 Å². The molecule has 146 valence electrons. The van der Waals surface area contributed by atoms with Gasteiger partial charge in [-0.1, -0.05) is 25.1 Å². The van der Waals surface area contributed by atoms with Crippen molar-refractivity contribution >= 4 is 22.9 Å². The zero-order valence-corrected chi connectivity index (χ0v) is 17.4. The summed E-state index contributed by atoms with van der Waals surface area (Å²) in [5.74, 6) is 0.593. The number of ether oxygens (including phenoxy) is 1. The van der Waals surface area contributed by atoms with Crippen LogP contribution in [0.2, 0.25) is 0 Å². The van der Waals surface area contributed by atoms with Crippen LogP contribution >= 0.6 is 11.3 Å². The molecule has 1 amide bonds. The summed E-state index contributed by atoms with van der Waals surface area (Å²) < 4.78 is 5.97. The van der Waals surface area contributed by atoms with Gasteiger partial charge in [-0.05, 0) is 50.1 Å². The molecule has 1 unspecified atom stereocenters. The lowest BCUT2D eigenvalue weighted by Gasteiger charge is -2.34. The third-order valence-corrected chi connectivity index (χ3v) is 5.96. The van der Waals surface area contributed by atoms with Gasteiger partial charge in [0.2, 0.25) is 0 Å². The average molecular weight is 404 g/mol. The fraction of sp³-hybridized carbons (Fsp3) is 0.261. The molecule has 3 aromatic rings. The van der Waals surface area contributed by atoms with Crippen LogP contribution in [0.4, 0.5) is 5.69 Å². The summed E-state index contributed by atoms with van der Waals surface area (Å²) in [6.45, 7) is 6.30. The molecule has 0 bridgehead atoms. The quantitative estimate of drug-likeness (QED) is 0.615. The summed E-state index contributed by atoms with van der Waals surface area (Å²) in [6.07, 6.45) is 0.0618. The van der Waals surface area contributed by atoms with Crippen molar-refractivity contribution in [2.24, 2.45) is 0 Å². The van der Waals surface area contributed by atoms with Gasteiger partial charge >= 0.3 is 0 Å². The summed E-state index contributed by atoms with van der Waals surface area (Å²) >= 11 is 1.66. The fourth-order valence-electron chi connectivity index (χ4n) is 3.63. The predicted molar refractivity (Wildman–Crippen MR) is 114 cm³/mol. The minimum absolute atomic E-state index is 0.0870.